The summed E-state index contributed by atoms with van der Waals surface area (Å²) in [5.41, 5.74) is 5.51. The van der Waals surface area contributed by atoms with Crippen molar-refractivity contribution in [3.63, 3.8) is 0 Å². The van der Waals surface area contributed by atoms with Crippen LogP contribution in [0.25, 0.3) is 0 Å². The van der Waals surface area contributed by atoms with Crippen LogP contribution in [-0.4, -0.2) is 0 Å². The van der Waals surface area contributed by atoms with Gasteiger partial charge in [0.1, 0.15) is 5.82 Å². The number of hydrazine groups is 1. The zero-order valence-electron chi connectivity index (χ0n) is 12.6. The van der Waals surface area contributed by atoms with E-state index in [2.05, 4.69) is 19.3 Å². The number of rotatable bonds is 7. The Morgan fingerprint density at radius 1 is 1.26 bits per heavy atom. The summed E-state index contributed by atoms with van der Waals surface area (Å²) >= 11 is 0. The van der Waals surface area contributed by atoms with Crippen LogP contribution in [0.3, 0.4) is 0 Å². The molecule has 0 aliphatic rings. The number of nitrogens with two attached hydrogens (primary N) is 1. The summed E-state index contributed by atoms with van der Waals surface area (Å²) in [5.74, 6) is 5.94. The highest BCUT2D eigenvalue weighted by atomic mass is 19.1. The Kier molecular flexibility index (Phi) is 6.46. The lowest BCUT2D eigenvalue weighted by Gasteiger charge is -2.28. The van der Waals surface area contributed by atoms with Crippen molar-refractivity contribution in [3.8, 4) is 0 Å². The van der Waals surface area contributed by atoms with E-state index in [1.54, 1.807) is 6.07 Å². The van der Waals surface area contributed by atoms with E-state index < -0.39 is 0 Å². The van der Waals surface area contributed by atoms with E-state index in [1.807, 2.05) is 19.9 Å². The van der Waals surface area contributed by atoms with E-state index >= 15 is 0 Å². The third-order valence-electron chi connectivity index (χ3n) is 3.90. The second-order valence-corrected chi connectivity index (χ2v) is 5.43. The summed E-state index contributed by atoms with van der Waals surface area (Å²) in [6, 6.07) is 3.52. The molecule has 0 fully saturated rings. The average Bonchev–Trinajstić information content (AvgIpc) is 2.36. The molecular weight excluding hydrogens is 239 g/mol. The van der Waals surface area contributed by atoms with Crippen molar-refractivity contribution in [2.75, 3.05) is 0 Å². The molecule has 1 rings (SSSR count). The van der Waals surface area contributed by atoms with Gasteiger partial charge in [-0.3, -0.25) is 11.3 Å². The molecule has 0 aromatic heterocycles. The van der Waals surface area contributed by atoms with E-state index in [0.717, 1.165) is 42.4 Å². The third kappa shape index (κ3) is 4.02. The maximum Gasteiger partial charge on any atom is 0.128 e. The Hall–Kier alpha value is -0.930. The van der Waals surface area contributed by atoms with Gasteiger partial charge < -0.3 is 0 Å². The van der Waals surface area contributed by atoms with E-state index in [0.29, 0.717) is 5.92 Å². The highest BCUT2D eigenvalue weighted by Gasteiger charge is 2.24. The molecule has 0 saturated heterocycles. The minimum atomic E-state index is -0.143. The number of aryl methyl sites for hydroxylation is 2. The van der Waals surface area contributed by atoms with Crippen LogP contribution >= 0.6 is 0 Å². The monoisotopic (exact) mass is 266 g/mol. The van der Waals surface area contributed by atoms with Gasteiger partial charge in [0.05, 0.1) is 6.04 Å². The van der Waals surface area contributed by atoms with Crippen LogP contribution in [0.5, 0.6) is 0 Å². The second kappa shape index (κ2) is 7.61. The van der Waals surface area contributed by atoms with Crippen molar-refractivity contribution in [2.45, 2.75) is 59.4 Å². The molecule has 1 aromatic rings. The van der Waals surface area contributed by atoms with Crippen LogP contribution in [0.1, 0.15) is 62.3 Å². The number of benzene rings is 1. The van der Waals surface area contributed by atoms with Gasteiger partial charge in [-0.15, -0.1) is 0 Å². The molecule has 2 unspecified atom stereocenters. The van der Waals surface area contributed by atoms with Crippen LogP contribution in [0, 0.1) is 25.6 Å². The Morgan fingerprint density at radius 2 is 1.95 bits per heavy atom. The fourth-order valence-corrected chi connectivity index (χ4v) is 2.85. The largest absolute Gasteiger partial charge is 0.271 e. The summed E-state index contributed by atoms with van der Waals surface area (Å²) in [5, 5.41) is 0. The van der Waals surface area contributed by atoms with Crippen molar-refractivity contribution in [2.24, 2.45) is 11.8 Å². The van der Waals surface area contributed by atoms with Crippen molar-refractivity contribution in [1.82, 2.24) is 5.43 Å². The quantitative estimate of drug-likeness (QED) is 0.574. The Labute approximate surface area is 116 Å². The highest BCUT2D eigenvalue weighted by Crippen LogP contribution is 2.32. The van der Waals surface area contributed by atoms with Crippen molar-refractivity contribution in [3.05, 3.63) is 34.6 Å². The smallest absolute Gasteiger partial charge is 0.128 e. The van der Waals surface area contributed by atoms with Gasteiger partial charge in [0.2, 0.25) is 0 Å². The molecule has 0 radical (unpaired) electrons. The summed E-state index contributed by atoms with van der Waals surface area (Å²) in [4.78, 5) is 0. The molecule has 3 N–H and O–H groups in total. The van der Waals surface area contributed by atoms with Gasteiger partial charge in [0, 0.05) is 5.56 Å². The van der Waals surface area contributed by atoms with Gasteiger partial charge >= 0.3 is 0 Å². The maximum atomic E-state index is 14.3. The lowest BCUT2D eigenvalue weighted by Crippen LogP contribution is -2.34. The van der Waals surface area contributed by atoms with Gasteiger partial charge in [-0.25, -0.2) is 4.39 Å². The normalized spacial score (nSPS) is 14.4. The maximum absolute atomic E-state index is 14.3. The highest BCUT2D eigenvalue weighted by molar-refractivity contribution is 5.34. The summed E-state index contributed by atoms with van der Waals surface area (Å²) < 4.78 is 14.3. The minimum Gasteiger partial charge on any atom is -0.271 e. The van der Waals surface area contributed by atoms with Gasteiger partial charge in [-0.1, -0.05) is 39.2 Å². The van der Waals surface area contributed by atoms with Gasteiger partial charge in [0.15, 0.2) is 0 Å². The van der Waals surface area contributed by atoms with Crippen molar-refractivity contribution >= 4 is 0 Å². The molecule has 0 bridgehead atoms. The van der Waals surface area contributed by atoms with Gasteiger partial charge in [-0.05, 0) is 43.4 Å². The van der Waals surface area contributed by atoms with Crippen LogP contribution < -0.4 is 11.3 Å². The number of hydrogen-bond donors (Lipinski definition) is 2. The average molecular weight is 266 g/mol. The molecule has 108 valence electrons. The first kappa shape index (κ1) is 16.1. The van der Waals surface area contributed by atoms with E-state index in [-0.39, 0.29) is 11.9 Å². The topological polar surface area (TPSA) is 38.0 Å². The molecule has 2 atom stereocenters. The Bertz CT molecular complexity index is 381. The van der Waals surface area contributed by atoms with Crippen molar-refractivity contribution in [1.29, 1.82) is 0 Å². The first-order chi connectivity index (χ1) is 9.04. The molecule has 0 aliphatic carbocycles. The second-order valence-electron chi connectivity index (χ2n) is 5.43. The van der Waals surface area contributed by atoms with Gasteiger partial charge in [0.25, 0.3) is 0 Å². The molecule has 2 nitrogen and oxygen atoms in total. The molecule has 0 heterocycles. The zero-order valence-corrected chi connectivity index (χ0v) is 12.6. The molecule has 19 heavy (non-hydrogen) atoms. The SMILES string of the molecule is CCCCC(CC)C(NN)c1c(C)cc(C)cc1F. The van der Waals surface area contributed by atoms with Crippen LogP contribution in [0.4, 0.5) is 4.39 Å². The Balaban J connectivity index is 3.07. The number of unbranched alkanes of at least 4 members (excludes halogenated alkanes) is 1. The van der Waals surface area contributed by atoms with E-state index in [9.17, 15) is 4.39 Å². The zero-order chi connectivity index (χ0) is 14.4. The molecule has 0 aliphatic heterocycles. The summed E-state index contributed by atoms with van der Waals surface area (Å²) in [6.45, 7) is 8.20. The molecular formula is C16H27FN2. The molecule has 0 amide bonds. The predicted molar refractivity (Wildman–Crippen MR) is 79.2 cm³/mol. The molecule has 0 saturated carbocycles. The van der Waals surface area contributed by atoms with Crippen LogP contribution in [0.15, 0.2) is 12.1 Å². The van der Waals surface area contributed by atoms with Crippen LogP contribution in [-0.2, 0) is 0 Å². The summed E-state index contributed by atoms with van der Waals surface area (Å²) in [7, 11) is 0. The van der Waals surface area contributed by atoms with E-state index in [1.165, 1.54) is 0 Å². The molecule has 0 spiro atoms. The lowest BCUT2D eigenvalue weighted by molar-refractivity contribution is 0.318. The molecule has 3 heteroatoms. The summed E-state index contributed by atoms with van der Waals surface area (Å²) in [6.07, 6.45) is 4.39. The van der Waals surface area contributed by atoms with Crippen LogP contribution in [0.2, 0.25) is 0 Å². The number of hydrogen-bond acceptors (Lipinski definition) is 2. The number of halogens is 1. The predicted octanol–water partition coefficient (Wildman–Crippen LogP) is 4.16. The fraction of sp³-hybridized carbons (Fsp3) is 0.625. The molecule has 1 aromatic carbocycles. The standard InChI is InChI=1S/C16H27FN2/c1-5-7-8-13(6-2)16(19-18)15-12(4)9-11(3)10-14(15)17/h9-10,13,16,19H,5-8,18H2,1-4H3. The third-order valence-corrected chi connectivity index (χ3v) is 3.90. The first-order valence-corrected chi connectivity index (χ1v) is 7.27. The lowest BCUT2D eigenvalue weighted by atomic mass is 9.85. The first-order valence-electron chi connectivity index (χ1n) is 7.27. The number of nitrogens with one attached hydrogen (secondary N) is 1. The Morgan fingerprint density at radius 3 is 2.42 bits per heavy atom. The van der Waals surface area contributed by atoms with E-state index in [4.69, 9.17) is 5.84 Å². The minimum absolute atomic E-state index is 0.0999. The van der Waals surface area contributed by atoms with Gasteiger partial charge in [-0.2, -0.15) is 0 Å². The fourth-order valence-electron chi connectivity index (χ4n) is 2.85. The van der Waals surface area contributed by atoms with Crippen molar-refractivity contribution < 1.29 is 4.39 Å².